The van der Waals surface area contributed by atoms with Gasteiger partial charge in [0, 0.05) is 66.8 Å². The van der Waals surface area contributed by atoms with E-state index in [1.165, 1.54) is 0 Å². The van der Waals surface area contributed by atoms with E-state index in [1.54, 1.807) is 30.3 Å². The summed E-state index contributed by atoms with van der Waals surface area (Å²) in [5.41, 5.74) is 4.27. The van der Waals surface area contributed by atoms with Crippen molar-refractivity contribution < 1.29 is 14.4 Å². The number of carbonyl (C=O) groups excluding carboxylic acids is 3. The van der Waals surface area contributed by atoms with Gasteiger partial charge in [0.05, 0.1) is 5.56 Å². The van der Waals surface area contributed by atoms with E-state index < -0.39 is 0 Å². The highest BCUT2D eigenvalue weighted by Gasteiger charge is 2.27. The second-order valence-electron chi connectivity index (χ2n) is 10.2. The first-order valence-electron chi connectivity index (χ1n) is 13.5. The van der Waals surface area contributed by atoms with Gasteiger partial charge in [-0.15, -0.1) is 0 Å². The van der Waals surface area contributed by atoms with Crippen molar-refractivity contribution in [1.82, 2.24) is 9.80 Å². The Hall–Kier alpha value is -3.84. The molecule has 2 aliphatic rings. The van der Waals surface area contributed by atoms with Crippen molar-refractivity contribution in [2.45, 2.75) is 26.2 Å². The van der Waals surface area contributed by atoms with E-state index in [9.17, 15) is 14.4 Å². The van der Waals surface area contributed by atoms with Crippen LogP contribution in [0, 0.1) is 6.92 Å². The van der Waals surface area contributed by atoms with Gasteiger partial charge >= 0.3 is 0 Å². The highest BCUT2D eigenvalue weighted by molar-refractivity contribution is 6.30. The predicted octanol–water partition coefficient (Wildman–Crippen LogP) is 5.49. The molecule has 0 unspecified atom stereocenters. The zero-order valence-electron chi connectivity index (χ0n) is 22.2. The van der Waals surface area contributed by atoms with Crippen LogP contribution in [0.3, 0.4) is 0 Å². The van der Waals surface area contributed by atoms with Gasteiger partial charge in [0.25, 0.3) is 17.7 Å². The lowest BCUT2D eigenvalue weighted by Crippen LogP contribution is -2.49. The summed E-state index contributed by atoms with van der Waals surface area (Å²) in [6.45, 7) is 5.85. The molecule has 0 saturated carbocycles. The third kappa shape index (κ3) is 6.25. The van der Waals surface area contributed by atoms with Crippen molar-refractivity contribution >= 4 is 40.7 Å². The summed E-state index contributed by atoms with van der Waals surface area (Å²) in [6, 6.07) is 19.9. The number of benzene rings is 3. The fraction of sp³-hybridized carbons (Fsp3) is 0.323. The number of nitrogens with zero attached hydrogens (tertiary/aromatic N) is 3. The topological polar surface area (TPSA) is 73.0 Å². The molecule has 202 valence electrons. The normalized spacial score (nSPS) is 15.7. The van der Waals surface area contributed by atoms with E-state index in [4.69, 9.17) is 11.6 Å². The maximum atomic E-state index is 13.7. The lowest BCUT2D eigenvalue weighted by molar-refractivity contribution is 0.0718. The van der Waals surface area contributed by atoms with Gasteiger partial charge in [0.15, 0.2) is 0 Å². The Morgan fingerprint density at radius 2 is 1.31 bits per heavy atom. The van der Waals surface area contributed by atoms with Gasteiger partial charge in [-0.2, -0.15) is 0 Å². The number of piperazine rings is 1. The summed E-state index contributed by atoms with van der Waals surface area (Å²) in [4.78, 5) is 45.5. The molecule has 3 amide bonds. The van der Waals surface area contributed by atoms with E-state index in [-0.39, 0.29) is 17.7 Å². The first kappa shape index (κ1) is 26.8. The number of likely N-dealkylation sites (tertiary alicyclic amines) is 1. The zero-order valence-corrected chi connectivity index (χ0v) is 22.9. The molecular weight excluding hydrogens is 512 g/mol. The molecule has 0 aromatic heterocycles. The third-order valence-electron chi connectivity index (χ3n) is 7.44. The van der Waals surface area contributed by atoms with Crippen LogP contribution < -0.4 is 10.2 Å². The lowest BCUT2D eigenvalue weighted by Gasteiger charge is -2.37. The van der Waals surface area contributed by atoms with Crippen molar-refractivity contribution in [3.05, 3.63) is 94.0 Å². The van der Waals surface area contributed by atoms with Gasteiger partial charge in [-0.3, -0.25) is 14.4 Å². The number of hydrogen-bond acceptors (Lipinski definition) is 4. The molecule has 2 saturated heterocycles. The molecule has 0 bridgehead atoms. The SMILES string of the molecule is Cc1ccc(C(=O)N2CCN(c3ccc(NC(=O)c4ccc(Cl)cc4)cc3C(=O)N3CCCCC3)CC2)cc1. The molecule has 0 spiro atoms. The monoisotopic (exact) mass is 544 g/mol. The molecule has 3 aromatic rings. The average molecular weight is 545 g/mol. The van der Waals surface area contributed by atoms with Crippen LogP contribution >= 0.6 is 11.6 Å². The number of rotatable bonds is 5. The fourth-order valence-electron chi connectivity index (χ4n) is 5.16. The Morgan fingerprint density at radius 1 is 0.692 bits per heavy atom. The molecule has 2 aliphatic heterocycles. The van der Waals surface area contributed by atoms with Crippen molar-refractivity contribution in [1.29, 1.82) is 0 Å². The first-order chi connectivity index (χ1) is 18.9. The maximum absolute atomic E-state index is 13.7. The number of amides is 3. The number of anilines is 2. The Balaban J connectivity index is 1.35. The minimum Gasteiger partial charge on any atom is -0.367 e. The standard InChI is InChI=1S/C31H33ClN4O3/c1-22-5-7-24(8-6-22)30(38)36-19-17-34(18-20-36)28-14-13-26(33-29(37)23-9-11-25(32)12-10-23)21-27(28)31(39)35-15-3-2-4-16-35/h5-14,21H,2-4,15-20H2,1H3,(H,33,37). The molecule has 0 atom stereocenters. The molecule has 7 nitrogen and oxygen atoms in total. The molecule has 0 aliphatic carbocycles. The number of piperidine rings is 1. The van der Waals surface area contributed by atoms with E-state index >= 15 is 0 Å². The van der Waals surface area contributed by atoms with Crippen LogP contribution in [0.2, 0.25) is 5.02 Å². The number of hydrogen-bond donors (Lipinski definition) is 1. The summed E-state index contributed by atoms with van der Waals surface area (Å²) >= 11 is 5.96. The smallest absolute Gasteiger partial charge is 0.256 e. The average Bonchev–Trinajstić information content (AvgIpc) is 2.97. The Morgan fingerprint density at radius 3 is 1.97 bits per heavy atom. The molecule has 8 heteroatoms. The van der Waals surface area contributed by atoms with E-state index in [0.717, 1.165) is 43.6 Å². The second-order valence-corrected chi connectivity index (χ2v) is 10.6. The van der Waals surface area contributed by atoms with Crippen molar-refractivity contribution in [3.8, 4) is 0 Å². The van der Waals surface area contributed by atoms with Crippen LogP contribution in [0.25, 0.3) is 0 Å². The number of aryl methyl sites for hydroxylation is 1. The molecule has 39 heavy (non-hydrogen) atoms. The molecule has 1 N–H and O–H groups in total. The van der Waals surface area contributed by atoms with Gasteiger partial charge in [-0.1, -0.05) is 29.3 Å². The first-order valence-corrected chi connectivity index (χ1v) is 13.9. The van der Waals surface area contributed by atoms with Gasteiger partial charge < -0.3 is 20.0 Å². The minimum absolute atomic E-state index is 0.0227. The Labute approximate surface area is 234 Å². The molecule has 2 fully saturated rings. The number of halogens is 1. The Kier molecular flexibility index (Phi) is 8.17. The summed E-state index contributed by atoms with van der Waals surface area (Å²) in [5.74, 6) is -0.260. The van der Waals surface area contributed by atoms with Crippen LogP contribution in [0.4, 0.5) is 11.4 Å². The van der Waals surface area contributed by atoms with Gasteiger partial charge in [-0.25, -0.2) is 0 Å². The summed E-state index contributed by atoms with van der Waals surface area (Å²) in [7, 11) is 0. The van der Waals surface area contributed by atoms with Crippen molar-refractivity contribution in [2.24, 2.45) is 0 Å². The summed E-state index contributed by atoms with van der Waals surface area (Å²) < 4.78 is 0. The second kappa shape index (κ2) is 11.9. The van der Waals surface area contributed by atoms with Crippen LogP contribution in [0.5, 0.6) is 0 Å². The van der Waals surface area contributed by atoms with E-state index in [1.807, 2.05) is 53.1 Å². The van der Waals surface area contributed by atoms with Gasteiger partial charge in [0.2, 0.25) is 0 Å². The Bertz CT molecular complexity index is 1340. The highest BCUT2D eigenvalue weighted by atomic mass is 35.5. The van der Waals surface area contributed by atoms with Crippen molar-refractivity contribution in [2.75, 3.05) is 49.5 Å². The number of carbonyl (C=O) groups is 3. The number of nitrogens with one attached hydrogen (secondary N) is 1. The highest BCUT2D eigenvalue weighted by Crippen LogP contribution is 2.29. The zero-order chi connectivity index (χ0) is 27.4. The molecule has 0 radical (unpaired) electrons. The van der Waals surface area contributed by atoms with Crippen molar-refractivity contribution in [3.63, 3.8) is 0 Å². The molecular formula is C31H33ClN4O3. The lowest BCUT2D eigenvalue weighted by atomic mass is 10.0. The van der Waals surface area contributed by atoms with E-state index in [0.29, 0.717) is 53.6 Å². The van der Waals surface area contributed by atoms with Crippen LogP contribution in [-0.4, -0.2) is 66.8 Å². The van der Waals surface area contributed by atoms with Gasteiger partial charge in [0.1, 0.15) is 0 Å². The maximum Gasteiger partial charge on any atom is 0.256 e. The van der Waals surface area contributed by atoms with Gasteiger partial charge in [-0.05, 0) is 80.8 Å². The van der Waals surface area contributed by atoms with E-state index in [2.05, 4.69) is 10.2 Å². The third-order valence-corrected chi connectivity index (χ3v) is 7.69. The largest absolute Gasteiger partial charge is 0.367 e. The fourth-order valence-corrected chi connectivity index (χ4v) is 5.29. The van der Waals surface area contributed by atoms with Crippen LogP contribution in [0.15, 0.2) is 66.7 Å². The summed E-state index contributed by atoms with van der Waals surface area (Å²) in [6.07, 6.45) is 3.12. The van der Waals surface area contributed by atoms with Crippen LogP contribution in [-0.2, 0) is 0 Å². The molecule has 2 heterocycles. The quantitative estimate of drug-likeness (QED) is 0.461. The predicted molar refractivity (Wildman–Crippen MR) is 155 cm³/mol. The minimum atomic E-state index is -0.265. The summed E-state index contributed by atoms with van der Waals surface area (Å²) in [5, 5.41) is 3.49. The molecule has 5 rings (SSSR count). The molecule has 3 aromatic carbocycles. The van der Waals surface area contributed by atoms with Crippen LogP contribution in [0.1, 0.15) is 55.9 Å².